The van der Waals surface area contributed by atoms with Gasteiger partial charge in [-0.2, -0.15) is 0 Å². The Morgan fingerprint density at radius 3 is 2.29 bits per heavy atom. The van der Waals surface area contributed by atoms with Crippen LogP contribution in [0.3, 0.4) is 0 Å². The maximum atomic E-state index is 5.89. The summed E-state index contributed by atoms with van der Waals surface area (Å²) in [7, 11) is 0. The summed E-state index contributed by atoms with van der Waals surface area (Å²) in [4.78, 5) is 2.23. The molecule has 2 aliphatic heterocycles. The fourth-order valence-electron chi connectivity index (χ4n) is 2.92. The molecule has 0 N–H and O–H groups in total. The first kappa shape index (κ1) is 12.4. The van der Waals surface area contributed by atoms with Gasteiger partial charge in [-0.05, 0) is 43.2 Å². The van der Waals surface area contributed by atoms with Gasteiger partial charge in [0.1, 0.15) is 5.75 Å². The topological polar surface area (TPSA) is 30.9 Å². The molecule has 4 rings (SSSR count). The Kier molecular flexibility index (Phi) is 2.70. The van der Waals surface area contributed by atoms with Gasteiger partial charge in [-0.3, -0.25) is 0 Å². The van der Waals surface area contributed by atoms with Crippen LogP contribution in [0.25, 0.3) is 0 Å². The Labute approximate surface area is 123 Å². The molecular weight excluding hydrogens is 266 g/mol. The van der Waals surface area contributed by atoms with Crippen molar-refractivity contribution in [3.8, 4) is 17.2 Å². The highest BCUT2D eigenvalue weighted by Gasteiger charge is 2.23. The largest absolute Gasteiger partial charge is 0.473 e. The highest BCUT2D eigenvalue weighted by Crippen LogP contribution is 2.40. The summed E-state index contributed by atoms with van der Waals surface area (Å²) in [5, 5.41) is 0. The molecule has 0 atom stereocenters. The van der Waals surface area contributed by atoms with E-state index in [2.05, 4.69) is 36.9 Å². The third-order valence-corrected chi connectivity index (χ3v) is 3.86. The zero-order valence-electron chi connectivity index (χ0n) is 12.2. The van der Waals surface area contributed by atoms with Gasteiger partial charge >= 0.3 is 0 Å². The number of anilines is 1. The number of hydrogen-bond donors (Lipinski definition) is 0. The molecule has 4 heteroatoms. The minimum Gasteiger partial charge on any atom is -0.473 e. The number of ether oxygens (including phenoxy) is 3. The molecule has 0 saturated heterocycles. The molecule has 0 bridgehead atoms. The Morgan fingerprint density at radius 1 is 0.810 bits per heavy atom. The average molecular weight is 283 g/mol. The van der Waals surface area contributed by atoms with E-state index in [1.165, 1.54) is 16.8 Å². The predicted octanol–water partition coefficient (Wildman–Crippen LogP) is 3.39. The first-order chi connectivity index (χ1) is 10.2. The Balaban J connectivity index is 1.67. The number of nitrogens with zero attached hydrogens (tertiary/aromatic N) is 1. The lowest BCUT2D eigenvalue weighted by atomic mass is 10.1. The van der Waals surface area contributed by atoms with E-state index >= 15 is 0 Å². The molecule has 2 heterocycles. The number of aryl methyl sites for hydroxylation is 2. The van der Waals surface area contributed by atoms with Crippen LogP contribution in [0.1, 0.15) is 16.7 Å². The maximum absolute atomic E-state index is 5.89. The van der Waals surface area contributed by atoms with Crippen LogP contribution in [0.15, 0.2) is 30.3 Å². The van der Waals surface area contributed by atoms with Gasteiger partial charge in [-0.1, -0.05) is 6.07 Å². The summed E-state index contributed by atoms with van der Waals surface area (Å²) in [6, 6.07) is 10.5. The van der Waals surface area contributed by atoms with Crippen LogP contribution in [-0.4, -0.2) is 13.5 Å². The Hall–Kier alpha value is -2.36. The molecule has 0 spiro atoms. The minimum absolute atomic E-state index is 0.291. The van der Waals surface area contributed by atoms with Gasteiger partial charge in [0, 0.05) is 23.9 Å². The summed E-state index contributed by atoms with van der Waals surface area (Å²) in [6.07, 6.45) is 0. The van der Waals surface area contributed by atoms with Crippen LogP contribution < -0.4 is 19.1 Å². The van der Waals surface area contributed by atoms with E-state index in [0.29, 0.717) is 13.5 Å². The second-order valence-electron chi connectivity index (χ2n) is 5.63. The van der Waals surface area contributed by atoms with Gasteiger partial charge in [0.05, 0.1) is 0 Å². The van der Waals surface area contributed by atoms with Gasteiger partial charge in [0.2, 0.25) is 6.79 Å². The molecule has 21 heavy (non-hydrogen) atoms. The van der Waals surface area contributed by atoms with Gasteiger partial charge in [-0.15, -0.1) is 0 Å². The van der Waals surface area contributed by atoms with Crippen LogP contribution in [0.5, 0.6) is 17.2 Å². The quantitative estimate of drug-likeness (QED) is 0.802. The molecule has 0 unspecified atom stereocenters. The summed E-state index contributed by atoms with van der Waals surface area (Å²) in [5.41, 5.74) is 4.85. The van der Waals surface area contributed by atoms with E-state index < -0.39 is 0 Å². The van der Waals surface area contributed by atoms with E-state index in [1.54, 1.807) is 0 Å². The number of hydrogen-bond acceptors (Lipinski definition) is 4. The molecule has 2 aromatic rings. The third-order valence-electron chi connectivity index (χ3n) is 3.86. The highest BCUT2D eigenvalue weighted by atomic mass is 16.7. The number of fused-ring (bicyclic) bond motifs is 2. The van der Waals surface area contributed by atoms with Crippen LogP contribution in [0.4, 0.5) is 5.69 Å². The standard InChI is InChI=1S/C17H17NO3/c1-11-3-12(2)5-14(4-11)18-8-13-6-16-17(21-10-20-16)7-15(13)19-9-18/h3-7H,8-10H2,1-2H3. The van der Waals surface area contributed by atoms with Crippen molar-refractivity contribution in [3.05, 3.63) is 47.0 Å². The van der Waals surface area contributed by atoms with E-state index in [1.807, 2.05) is 12.1 Å². The molecule has 2 aromatic carbocycles. The molecule has 2 aliphatic rings. The van der Waals surface area contributed by atoms with Crippen molar-refractivity contribution >= 4 is 5.69 Å². The zero-order chi connectivity index (χ0) is 14.4. The molecule has 4 nitrogen and oxygen atoms in total. The smallest absolute Gasteiger partial charge is 0.231 e. The van der Waals surface area contributed by atoms with Crippen LogP contribution in [0.2, 0.25) is 0 Å². The SMILES string of the molecule is Cc1cc(C)cc(N2COc3cc4c(cc3C2)OCO4)c1. The summed E-state index contributed by atoms with van der Waals surface area (Å²) < 4.78 is 16.7. The van der Waals surface area contributed by atoms with Crippen molar-refractivity contribution in [2.24, 2.45) is 0 Å². The molecule has 0 amide bonds. The number of benzene rings is 2. The summed E-state index contributed by atoms with van der Waals surface area (Å²) in [5.74, 6) is 2.47. The Morgan fingerprint density at radius 2 is 1.52 bits per heavy atom. The third kappa shape index (κ3) is 2.17. The molecule has 108 valence electrons. The van der Waals surface area contributed by atoms with E-state index in [0.717, 1.165) is 29.4 Å². The van der Waals surface area contributed by atoms with Crippen molar-refractivity contribution in [3.63, 3.8) is 0 Å². The van der Waals surface area contributed by atoms with E-state index in [4.69, 9.17) is 14.2 Å². The van der Waals surface area contributed by atoms with Crippen LogP contribution in [0, 0.1) is 13.8 Å². The molecular formula is C17H17NO3. The van der Waals surface area contributed by atoms with Crippen molar-refractivity contribution in [1.29, 1.82) is 0 Å². The summed E-state index contributed by atoms with van der Waals surface area (Å²) >= 11 is 0. The fraction of sp³-hybridized carbons (Fsp3) is 0.294. The van der Waals surface area contributed by atoms with Gasteiger partial charge in [0.25, 0.3) is 0 Å². The fourth-order valence-corrected chi connectivity index (χ4v) is 2.92. The Bertz CT molecular complexity index is 691. The second-order valence-corrected chi connectivity index (χ2v) is 5.63. The van der Waals surface area contributed by atoms with Gasteiger partial charge < -0.3 is 19.1 Å². The lowest BCUT2D eigenvalue weighted by molar-refractivity contribution is 0.174. The average Bonchev–Trinajstić information content (AvgIpc) is 2.90. The molecule has 0 aromatic heterocycles. The first-order valence-electron chi connectivity index (χ1n) is 7.07. The predicted molar refractivity (Wildman–Crippen MR) is 80.2 cm³/mol. The van der Waals surface area contributed by atoms with Gasteiger partial charge in [-0.25, -0.2) is 0 Å². The van der Waals surface area contributed by atoms with Crippen molar-refractivity contribution < 1.29 is 14.2 Å². The van der Waals surface area contributed by atoms with Crippen molar-refractivity contribution in [2.75, 3.05) is 18.4 Å². The molecule has 0 radical (unpaired) electrons. The van der Waals surface area contributed by atoms with Gasteiger partial charge in [0.15, 0.2) is 18.2 Å². The minimum atomic E-state index is 0.291. The monoisotopic (exact) mass is 283 g/mol. The van der Waals surface area contributed by atoms with Crippen LogP contribution in [-0.2, 0) is 6.54 Å². The zero-order valence-corrected chi connectivity index (χ0v) is 12.2. The summed E-state index contributed by atoms with van der Waals surface area (Å²) in [6.45, 7) is 5.89. The highest BCUT2D eigenvalue weighted by molar-refractivity contribution is 5.57. The maximum Gasteiger partial charge on any atom is 0.231 e. The van der Waals surface area contributed by atoms with Crippen LogP contribution >= 0.6 is 0 Å². The van der Waals surface area contributed by atoms with Crippen molar-refractivity contribution in [1.82, 2.24) is 0 Å². The first-order valence-corrected chi connectivity index (χ1v) is 7.07. The second kappa shape index (κ2) is 4.58. The van der Waals surface area contributed by atoms with Crippen molar-refractivity contribution in [2.45, 2.75) is 20.4 Å². The molecule has 0 aliphatic carbocycles. The van der Waals surface area contributed by atoms with E-state index in [-0.39, 0.29) is 0 Å². The lowest BCUT2D eigenvalue weighted by Gasteiger charge is -2.31. The number of rotatable bonds is 1. The van der Waals surface area contributed by atoms with E-state index in [9.17, 15) is 0 Å². The lowest BCUT2D eigenvalue weighted by Crippen LogP contribution is -2.31. The molecule has 0 saturated carbocycles. The molecule has 0 fully saturated rings. The normalized spacial score (nSPS) is 15.6.